The summed E-state index contributed by atoms with van der Waals surface area (Å²) in [5.41, 5.74) is -0.993. The van der Waals surface area contributed by atoms with Crippen molar-refractivity contribution in [2.45, 2.75) is 19.0 Å². The average Bonchev–Trinajstić information content (AvgIpc) is 2.84. The van der Waals surface area contributed by atoms with Crippen molar-refractivity contribution in [3.63, 3.8) is 0 Å². The zero-order valence-electron chi connectivity index (χ0n) is 19.2. The van der Waals surface area contributed by atoms with E-state index in [1.807, 2.05) is 9.80 Å². The quantitative estimate of drug-likeness (QED) is 0.670. The molecular formula is C23H28F3N5O3. The Kier molecular flexibility index (Phi) is 6.46. The Morgan fingerprint density at radius 1 is 0.941 bits per heavy atom. The van der Waals surface area contributed by atoms with E-state index < -0.39 is 23.0 Å². The molecule has 11 heteroatoms. The van der Waals surface area contributed by atoms with Crippen LogP contribution >= 0.6 is 0 Å². The Labute approximate surface area is 194 Å². The lowest BCUT2D eigenvalue weighted by Gasteiger charge is -2.40. The lowest BCUT2D eigenvalue weighted by atomic mass is 9.96. The molecule has 2 aliphatic heterocycles. The molecule has 2 aromatic rings. The Balaban J connectivity index is 1.41. The third-order valence-corrected chi connectivity index (χ3v) is 6.73. The first-order chi connectivity index (χ1) is 16.1. The highest BCUT2D eigenvalue weighted by molar-refractivity contribution is 5.80. The monoisotopic (exact) mass is 479 g/mol. The summed E-state index contributed by atoms with van der Waals surface area (Å²) in [5.74, 6) is 0.232. The molecule has 0 aliphatic carbocycles. The Hall–Kier alpha value is -3.24. The van der Waals surface area contributed by atoms with Crippen LogP contribution in [0.25, 0.3) is 0 Å². The van der Waals surface area contributed by atoms with Crippen molar-refractivity contribution >= 4 is 17.4 Å². The van der Waals surface area contributed by atoms with Gasteiger partial charge in [0, 0.05) is 65.1 Å². The molecule has 0 bridgehead atoms. The Morgan fingerprint density at radius 2 is 1.65 bits per heavy atom. The van der Waals surface area contributed by atoms with Gasteiger partial charge in [0.05, 0.1) is 11.5 Å². The number of benzene rings is 1. The van der Waals surface area contributed by atoms with Crippen LogP contribution in [0.5, 0.6) is 0 Å². The van der Waals surface area contributed by atoms with E-state index in [0.29, 0.717) is 57.2 Å². The molecular weight excluding hydrogens is 451 g/mol. The van der Waals surface area contributed by atoms with Gasteiger partial charge >= 0.3 is 11.9 Å². The van der Waals surface area contributed by atoms with Crippen LogP contribution in [0.15, 0.2) is 39.9 Å². The summed E-state index contributed by atoms with van der Waals surface area (Å²) < 4.78 is 41.6. The van der Waals surface area contributed by atoms with E-state index in [1.54, 1.807) is 18.0 Å². The summed E-state index contributed by atoms with van der Waals surface area (Å²) >= 11 is 0. The molecule has 1 atom stereocenters. The molecule has 0 unspecified atom stereocenters. The topological polar surface area (TPSA) is 70.8 Å². The molecule has 1 aromatic carbocycles. The van der Waals surface area contributed by atoms with Crippen LogP contribution in [0.2, 0.25) is 0 Å². The smallest absolute Gasteiger partial charge is 0.368 e. The summed E-state index contributed by atoms with van der Waals surface area (Å²) in [6.45, 7) is 2.81. The van der Waals surface area contributed by atoms with E-state index in [4.69, 9.17) is 0 Å². The zero-order chi connectivity index (χ0) is 24.6. The van der Waals surface area contributed by atoms with Crippen LogP contribution in [0.1, 0.15) is 18.4 Å². The summed E-state index contributed by atoms with van der Waals surface area (Å²) in [4.78, 5) is 43.2. The van der Waals surface area contributed by atoms with Gasteiger partial charge in [0.15, 0.2) is 0 Å². The molecule has 184 valence electrons. The number of carbonyl (C=O) groups excluding carboxylic acids is 1. The van der Waals surface area contributed by atoms with E-state index in [0.717, 1.165) is 23.1 Å². The number of hydrogen-bond acceptors (Lipinski definition) is 5. The second-order valence-corrected chi connectivity index (χ2v) is 8.89. The van der Waals surface area contributed by atoms with Gasteiger partial charge in [-0.1, -0.05) is 6.07 Å². The number of carbonyl (C=O) groups is 1. The van der Waals surface area contributed by atoms with Crippen molar-refractivity contribution in [1.82, 2.24) is 14.0 Å². The highest BCUT2D eigenvalue weighted by Gasteiger charge is 2.33. The van der Waals surface area contributed by atoms with Crippen LogP contribution in [0, 0.1) is 5.92 Å². The second-order valence-electron chi connectivity index (χ2n) is 8.89. The first-order valence-electron chi connectivity index (χ1n) is 11.3. The maximum Gasteiger partial charge on any atom is 0.416 e. The SMILES string of the molecule is Cn1c(N2CCC[C@H](C(=O)N3CCN(c4cccc(C(F)(F)F)c4)CC3)C2)cc(=O)n(C)c1=O. The first-order valence-corrected chi connectivity index (χ1v) is 11.3. The van der Waals surface area contributed by atoms with Crippen LogP contribution in [-0.4, -0.2) is 59.2 Å². The van der Waals surface area contributed by atoms with Crippen LogP contribution in [-0.2, 0) is 25.1 Å². The molecule has 1 aromatic heterocycles. The molecule has 2 fully saturated rings. The molecule has 2 saturated heterocycles. The predicted octanol–water partition coefficient (Wildman–Crippen LogP) is 1.67. The number of alkyl halides is 3. The minimum atomic E-state index is -4.40. The van der Waals surface area contributed by atoms with Gasteiger partial charge in [0.1, 0.15) is 5.82 Å². The molecule has 1 amide bonds. The van der Waals surface area contributed by atoms with Gasteiger partial charge in [0.25, 0.3) is 5.56 Å². The Morgan fingerprint density at radius 3 is 2.32 bits per heavy atom. The fourth-order valence-corrected chi connectivity index (χ4v) is 4.73. The van der Waals surface area contributed by atoms with Crippen molar-refractivity contribution in [2.24, 2.45) is 20.0 Å². The standard InChI is InChI=1S/C23H28F3N5O3/c1-27-19(14-20(32)28(2)22(27)34)31-8-4-5-16(15-31)21(33)30-11-9-29(10-12-30)18-7-3-6-17(13-18)23(24,25)26/h3,6-7,13-14,16H,4-5,8-12,15H2,1-2H3/t16-/m0/s1. The third kappa shape index (κ3) is 4.69. The summed E-state index contributed by atoms with van der Waals surface area (Å²) in [6.07, 6.45) is -2.93. The summed E-state index contributed by atoms with van der Waals surface area (Å²) in [7, 11) is 3.03. The summed E-state index contributed by atoms with van der Waals surface area (Å²) in [6, 6.07) is 6.67. The van der Waals surface area contributed by atoms with Gasteiger partial charge in [0.2, 0.25) is 5.91 Å². The van der Waals surface area contributed by atoms with Gasteiger partial charge in [-0.25, -0.2) is 4.79 Å². The van der Waals surface area contributed by atoms with E-state index >= 15 is 0 Å². The average molecular weight is 480 g/mol. The van der Waals surface area contributed by atoms with E-state index in [2.05, 4.69) is 0 Å². The molecule has 34 heavy (non-hydrogen) atoms. The molecule has 2 aliphatic rings. The highest BCUT2D eigenvalue weighted by Crippen LogP contribution is 2.32. The van der Waals surface area contributed by atoms with Crippen LogP contribution in [0.3, 0.4) is 0 Å². The molecule has 4 rings (SSSR count). The van der Waals surface area contributed by atoms with Crippen molar-refractivity contribution in [3.8, 4) is 0 Å². The van der Waals surface area contributed by atoms with Crippen LogP contribution in [0.4, 0.5) is 24.7 Å². The van der Waals surface area contributed by atoms with E-state index in [1.165, 1.54) is 23.7 Å². The number of amides is 1. The number of piperidine rings is 1. The lowest BCUT2D eigenvalue weighted by molar-refractivity contribution is -0.137. The first kappa shape index (κ1) is 23.9. The molecule has 0 N–H and O–H groups in total. The van der Waals surface area contributed by atoms with Crippen molar-refractivity contribution in [1.29, 1.82) is 0 Å². The largest absolute Gasteiger partial charge is 0.416 e. The van der Waals surface area contributed by atoms with Crippen LogP contribution < -0.4 is 21.0 Å². The molecule has 0 spiro atoms. The number of nitrogens with zero attached hydrogens (tertiary/aromatic N) is 5. The van der Waals surface area contributed by atoms with Crippen molar-refractivity contribution in [3.05, 3.63) is 56.7 Å². The fourth-order valence-electron chi connectivity index (χ4n) is 4.73. The number of aromatic nitrogens is 2. The number of halogens is 3. The van der Waals surface area contributed by atoms with E-state index in [9.17, 15) is 27.6 Å². The molecule has 3 heterocycles. The maximum atomic E-state index is 13.2. The minimum Gasteiger partial charge on any atom is -0.368 e. The number of piperazine rings is 1. The molecule has 0 radical (unpaired) electrons. The van der Waals surface area contributed by atoms with Gasteiger partial charge in [-0.05, 0) is 31.0 Å². The van der Waals surface area contributed by atoms with Gasteiger partial charge in [-0.3, -0.25) is 18.7 Å². The number of hydrogen-bond donors (Lipinski definition) is 0. The number of anilines is 2. The zero-order valence-corrected chi connectivity index (χ0v) is 19.2. The second kappa shape index (κ2) is 9.19. The van der Waals surface area contributed by atoms with E-state index in [-0.39, 0.29) is 11.8 Å². The summed E-state index contributed by atoms with van der Waals surface area (Å²) in [5, 5.41) is 0. The van der Waals surface area contributed by atoms with Gasteiger partial charge < -0.3 is 14.7 Å². The highest BCUT2D eigenvalue weighted by atomic mass is 19.4. The minimum absolute atomic E-state index is 0.00206. The molecule has 0 saturated carbocycles. The van der Waals surface area contributed by atoms with Gasteiger partial charge in [-0.15, -0.1) is 0 Å². The predicted molar refractivity (Wildman–Crippen MR) is 122 cm³/mol. The molecule has 8 nitrogen and oxygen atoms in total. The normalized spacial score (nSPS) is 19.4. The number of rotatable bonds is 3. The van der Waals surface area contributed by atoms with Crippen molar-refractivity contribution in [2.75, 3.05) is 49.1 Å². The Bertz CT molecular complexity index is 1180. The lowest BCUT2D eigenvalue weighted by Crippen LogP contribution is -2.53. The third-order valence-electron chi connectivity index (χ3n) is 6.73. The van der Waals surface area contributed by atoms with Crippen molar-refractivity contribution < 1.29 is 18.0 Å². The fraction of sp³-hybridized carbons (Fsp3) is 0.522. The van der Waals surface area contributed by atoms with Gasteiger partial charge in [-0.2, -0.15) is 13.2 Å². The maximum absolute atomic E-state index is 13.2.